The van der Waals surface area contributed by atoms with Crippen molar-refractivity contribution in [3.05, 3.63) is 37.1 Å². The molecular weight excluding hydrogens is 393 g/mol. The van der Waals surface area contributed by atoms with Crippen molar-refractivity contribution in [1.29, 1.82) is 0 Å². The molecule has 1 aliphatic heterocycles. The number of piperidine rings is 1. The van der Waals surface area contributed by atoms with Crippen LogP contribution in [-0.4, -0.2) is 53.9 Å². The molecule has 1 aliphatic rings. The van der Waals surface area contributed by atoms with Crippen molar-refractivity contribution in [2.45, 2.75) is 36.6 Å². The van der Waals surface area contributed by atoms with E-state index in [0.29, 0.717) is 35.1 Å². The van der Waals surface area contributed by atoms with Gasteiger partial charge in [0.05, 0.1) is 17.3 Å². The van der Waals surface area contributed by atoms with E-state index in [1.807, 2.05) is 13.1 Å². The molecule has 0 saturated carbocycles. The van der Waals surface area contributed by atoms with Gasteiger partial charge in [-0.15, -0.1) is 11.8 Å². The maximum Gasteiger partial charge on any atom is 0.245 e. The molecule has 0 aliphatic carbocycles. The highest BCUT2D eigenvalue weighted by Crippen LogP contribution is 2.35. The molecule has 10 heteroatoms. The van der Waals surface area contributed by atoms with Crippen LogP contribution in [0.15, 0.2) is 36.3 Å². The highest BCUT2D eigenvalue weighted by Gasteiger charge is 2.25. The van der Waals surface area contributed by atoms with Crippen LogP contribution in [0.2, 0.25) is 0 Å². The third-order valence-electron chi connectivity index (χ3n) is 4.81. The second-order valence-corrected chi connectivity index (χ2v) is 8.08. The fraction of sp³-hybridized carbons (Fsp3) is 0.368. The summed E-state index contributed by atoms with van der Waals surface area (Å²) >= 11 is 1.48. The van der Waals surface area contributed by atoms with E-state index in [1.165, 1.54) is 24.0 Å². The Labute approximate surface area is 171 Å². The zero-order chi connectivity index (χ0) is 20.4. The second kappa shape index (κ2) is 8.24. The van der Waals surface area contributed by atoms with Gasteiger partial charge in [-0.05, 0) is 25.8 Å². The smallest absolute Gasteiger partial charge is 0.245 e. The molecule has 1 amide bonds. The predicted molar refractivity (Wildman–Crippen MR) is 111 cm³/mol. The largest absolute Gasteiger partial charge is 0.343 e. The molecule has 0 unspecified atom stereocenters. The number of nitrogens with zero attached hydrogens (tertiary/aromatic N) is 5. The lowest BCUT2D eigenvalue weighted by atomic mass is 10.1. The topological polar surface area (TPSA) is 91.7 Å². The molecule has 4 rings (SSSR count). The number of rotatable bonds is 6. The Morgan fingerprint density at radius 2 is 2.38 bits per heavy atom. The number of hydrogen-bond donors (Lipinski definition) is 2. The maximum atomic E-state index is 14.4. The summed E-state index contributed by atoms with van der Waals surface area (Å²) in [5, 5.41) is 8.41. The summed E-state index contributed by atoms with van der Waals surface area (Å²) < 4.78 is 16.2. The van der Waals surface area contributed by atoms with Gasteiger partial charge in [0.25, 0.3) is 0 Å². The number of anilines is 2. The van der Waals surface area contributed by atoms with Gasteiger partial charge in [-0.1, -0.05) is 6.58 Å². The number of H-pyrrole nitrogens is 1. The highest BCUT2D eigenvalue weighted by atomic mass is 32.2. The van der Waals surface area contributed by atoms with E-state index in [4.69, 9.17) is 0 Å². The Hall–Kier alpha value is -2.88. The standard InChI is InChI=1S/C19H22FN7OS/c1-3-15(28)26-7-5-6-13(11-26)29-18-16-14(20)9-21-17(16)24-19(25-18)23-12-8-22-27(4-2)10-12/h3,8-10,13H,1,4-7,11H2,2H3,(H2,21,23,24,25)/t13-/m1/s1. The molecule has 0 spiro atoms. The Balaban J connectivity index is 1.61. The van der Waals surface area contributed by atoms with E-state index in [2.05, 4.69) is 31.9 Å². The van der Waals surface area contributed by atoms with Gasteiger partial charge in [-0.25, -0.2) is 9.37 Å². The number of aromatic nitrogens is 5. The van der Waals surface area contributed by atoms with Crippen molar-refractivity contribution in [1.82, 2.24) is 29.6 Å². The summed E-state index contributed by atoms with van der Waals surface area (Å²) in [6, 6.07) is 0. The predicted octanol–water partition coefficient (Wildman–Crippen LogP) is 3.33. The quantitative estimate of drug-likeness (QED) is 0.474. The fourth-order valence-electron chi connectivity index (χ4n) is 3.36. The van der Waals surface area contributed by atoms with E-state index < -0.39 is 0 Å². The van der Waals surface area contributed by atoms with Gasteiger partial charge in [0.1, 0.15) is 10.7 Å². The van der Waals surface area contributed by atoms with Crippen LogP contribution in [0.4, 0.5) is 16.0 Å². The number of hydrogen-bond acceptors (Lipinski definition) is 6. The van der Waals surface area contributed by atoms with Crippen LogP contribution in [0.3, 0.4) is 0 Å². The average molecular weight is 415 g/mol. The Morgan fingerprint density at radius 1 is 1.52 bits per heavy atom. The van der Waals surface area contributed by atoms with Crippen molar-refractivity contribution in [2.24, 2.45) is 0 Å². The second-order valence-electron chi connectivity index (χ2n) is 6.79. The van der Waals surface area contributed by atoms with Crippen LogP contribution >= 0.6 is 11.8 Å². The molecule has 0 radical (unpaired) electrons. The third-order valence-corrected chi connectivity index (χ3v) is 6.04. The van der Waals surface area contributed by atoms with Crippen LogP contribution in [0.5, 0.6) is 0 Å². The van der Waals surface area contributed by atoms with Crippen molar-refractivity contribution in [2.75, 3.05) is 18.4 Å². The summed E-state index contributed by atoms with van der Waals surface area (Å²) in [5.74, 6) is -0.0960. The minimum atomic E-state index is -0.386. The number of carbonyl (C=O) groups is 1. The van der Waals surface area contributed by atoms with Crippen LogP contribution in [0.25, 0.3) is 11.0 Å². The lowest BCUT2D eigenvalue weighted by Gasteiger charge is -2.31. The van der Waals surface area contributed by atoms with Gasteiger partial charge in [-0.2, -0.15) is 10.1 Å². The normalized spacial score (nSPS) is 16.9. The van der Waals surface area contributed by atoms with Crippen LogP contribution in [0, 0.1) is 5.82 Å². The SMILES string of the molecule is C=CC(=O)N1CCC[C@@H](Sc2nc(Nc3cnn(CC)c3)nc3[nH]cc(F)c23)C1. The van der Waals surface area contributed by atoms with Crippen molar-refractivity contribution in [3.63, 3.8) is 0 Å². The van der Waals surface area contributed by atoms with E-state index in [9.17, 15) is 9.18 Å². The number of amides is 1. The maximum absolute atomic E-state index is 14.4. The number of likely N-dealkylation sites (tertiary alicyclic amines) is 1. The highest BCUT2D eigenvalue weighted by molar-refractivity contribution is 8.00. The summed E-state index contributed by atoms with van der Waals surface area (Å²) in [6.45, 7) is 7.62. The average Bonchev–Trinajstić information content (AvgIpc) is 3.34. The molecular formula is C19H22FN7OS. The van der Waals surface area contributed by atoms with Crippen molar-refractivity contribution >= 4 is 40.3 Å². The van der Waals surface area contributed by atoms with Crippen molar-refractivity contribution in [3.8, 4) is 0 Å². The fourth-order valence-corrected chi connectivity index (χ4v) is 4.66. The van der Waals surface area contributed by atoms with Crippen LogP contribution in [0.1, 0.15) is 19.8 Å². The number of nitrogens with one attached hydrogen (secondary N) is 2. The van der Waals surface area contributed by atoms with Gasteiger partial charge >= 0.3 is 0 Å². The number of thioether (sulfide) groups is 1. The molecule has 0 aromatic carbocycles. The summed E-state index contributed by atoms with van der Waals surface area (Å²) in [6.07, 6.45) is 7.99. The molecule has 3 aromatic heterocycles. The zero-order valence-corrected chi connectivity index (χ0v) is 16.9. The number of fused-ring (bicyclic) bond motifs is 1. The summed E-state index contributed by atoms with van der Waals surface area (Å²) in [5.41, 5.74) is 1.19. The van der Waals surface area contributed by atoms with E-state index in [0.717, 1.165) is 25.1 Å². The first kappa shape index (κ1) is 19.4. The van der Waals surface area contributed by atoms with Gasteiger partial charge in [0, 0.05) is 37.3 Å². The Morgan fingerprint density at radius 3 is 3.14 bits per heavy atom. The molecule has 2 N–H and O–H groups in total. The number of aromatic amines is 1. The zero-order valence-electron chi connectivity index (χ0n) is 16.1. The molecule has 152 valence electrons. The van der Waals surface area contributed by atoms with E-state index in [-0.39, 0.29) is 17.0 Å². The van der Waals surface area contributed by atoms with Gasteiger partial charge in [0.15, 0.2) is 5.82 Å². The van der Waals surface area contributed by atoms with E-state index in [1.54, 1.807) is 15.8 Å². The minimum Gasteiger partial charge on any atom is -0.343 e. The third kappa shape index (κ3) is 4.12. The van der Waals surface area contributed by atoms with E-state index >= 15 is 0 Å². The summed E-state index contributed by atoms with van der Waals surface area (Å²) in [7, 11) is 0. The lowest BCUT2D eigenvalue weighted by molar-refractivity contribution is -0.126. The Bertz CT molecular complexity index is 1050. The molecule has 8 nitrogen and oxygen atoms in total. The molecule has 1 atom stereocenters. The number of carbonyl (C=O) groups excluding carboxylic acids is 1. The van der Waals surface area contributed by atoms with Gasteiger partial charge in [0.2, 0.25) is 11.9 Å². The molecule has 0 bridgehead atoms. The first-order valence-corrected chi connectivity index (χ1v) is 10.4. The van der Waals surface area contributed by atoms with Gasteiger partial charge in [-0.3, -0.25) is 9.48 Å². The Kier molecular flexibility index (Phi) is 5.52. The molecule has 1 saturated heterocycles. The monoisotopic (exact) mass is 415 g/mol. The molecule has 3 aromatic rings. The van der Waals surface area contributed by atoms with Crippen LogP contribution < -0.4 is 5.32 Å². The first-order chi connectivity index (χ1) is 14.1. The lowest BCUT2D eigenvalue weighted by Crippen LogP contribution is -2.40. The first-order valence-electron chi connectivity index (χ1n) is 9.49. The number of aryl methyl sites for hydroxylation is 1. The molecule has 29 heavy (non-hydrogen) atoms. The minimum absolute atomic E-state index is 0.0775. The molecule has 1 fully saturated rings. The van der Waals surface area contributed by atoms with Crippen LogP contribution in [-0.2, 0) is 11.3 Å². The van der Waals surface area contributed by atoms with Gasteiger partial charge < -0.3 is 15.2 Å². The number of halogens is 1. The summed E-state index contributed by atoms with van der Waals surface area (Å²) in [4.78, 5) is 25.6. The van der Waals surface area contributed by atoms with Crippen molar-refractivity contribution < 1.29 is 9.18 Å². The molecule has 4 heterocycles.